The molecule has 6 nitrogen and oxygen atoms in total. The fourth-order valence-electron chi connectivity index (χ4n) is 3.13. The van der Waals surface area contributed by atoms with Gasteiger partial charge in [0.15, 0.2) is 0 Å². The number of aromatic nitrogens is 3. The van der Waals surface area contributed by atoms with Crippen molar-refractivity contribution in [1.82, 2.24) is 14.6 Å². The molecule has 4 rings (SSSR count). The van der Waals surface area contributed by atoms with Crippen LogP contribution < -0.4 is 10.1 Å². The van der Waals surface area contributed by atoms with E-state index in [0.29, 0.717) is 16.5 Å². The maximum atomic E-state index is 12.4. The van der Waals surface area contributed by atoms with Crippen LogP contribution in [0.2, 0.25) is 5.02 Å². The predicted molar refractivity (Wildman–Crippen MR) is 125 cm³/mol. The largest absolute Gasteiger partial charge is 0.495 e. The number of aryl methyl sites for hydroxylation is 2. The van der Waals surface area contributed by atoms with E-state index < -0.39 is 0 Å². The minimum atomic E-state index is -0.149. The molecule has 31 heavy (non-hydrogen) atoms. The molecule has 2 aromatic heterocycles. The van der Waals surface area contributed by atoms with Crippen molar-refractivity contribution in [1.29, 1.82) is 0 Å². The van der Waals surface area contributed by atoms with Gasteiger partial charge in [0.05, 0.1) is 29.1 Å². The molecule has 0 saturated heterocycles. The van der Waals surface area contributed by atoms with E-state index in [9.17, 15) is 4.79 Å². The van der Waals surface area contributed by atoms with E-state index in [0.717, 1.165) is 21.8 Å². The molecule has 0 spiro atoms. The number of amides is 1. The summed E-state index contributed by atoms with van der Waals surface area (Å²) in [5, 5.41) is 8.70. The van der Waals surface area contributed by atoms with Crippen molar-refractivity contribution in [2.24, 2.45) is 0 Å². The van der Waals surface area contributed by atoms with E-state index in [1.54, 1.807) is 36.0 Å². The molecule has 4 aromatic rings. The zero-order chi connectivity index (χ0) is 22.0. The fraction of sp³-hybridized carbons (Fsp3) is 0.174. The summed E-state index contributed by atoms with van der Waals surface area (Å²) in [6, 6.07) is 13.4. The third kappa shape index (κ3) is 4.68. The van der Waals surface area contributed by atoms with E-state index in [1.807, 2.05) is 12.3 Å². The maximum Gasteiger partial charge on any atom is 0.234 e. The molecule has 0 aliphatic carbocycles. The minimum Gasteiger partial charge on any atom is -0.495 e. The lowest BCUT2D eigenvalue weighted by molar-refractivity contribution is -0.113. The first-order valence-corrected chi connectivity index (χ1v) is 11.0. The average molecular weight is 453 g/mol. The summed E-state index contributed by atoms with van der Waals surface area (Å²) in [7, 11) is 1.55. The lowest BCUT2D eigenvalue weighted by Gasteiger charge is -2.08. The quantitative estimate of drug-likeness (QED) is 0.396. The van der Waals surface area contributed by atoms with Crippen molar-refractivity contribution < 1.29 is 9.53 Å². The molecule has 158 valence electrons. The van der Waals surface area contributed by atoms with E-state index in [2.05, 4.69) is 47.4 Å². The number of benzene rings is 2. The molecule has 0 aliphatic heterocycles. The second kappa shape index (κ2) is 8.99. The second-order valence-corrected chi connectivity index (χ2v) is 8.45. The lowest BCUT2D eigenvalue weighted by Crippen LogP contribution is -2.14. The molecule has 0 fully saturated rings. The predicted octanol–water partition coefficient (Wildman–Crippen LogP) is 5.41. The van der Waals surface area contributed by atoms with Crippen molar-refractivity contribution in [3.05, 3.63) is 71.0 Å². The molecule has 2 aromatic carbocycles. The summed E-state index contributed by atoms with van der Waals surface area (Å²) in [5.74, 6) is 0.620. The zero-order valence-corrected chi connectivity index (χ0v) is 18.9. The Hall–Kier alpha value is -3.03. The van der Waals surface area contributed by atoms with Gasteiger partial charge >= 0.3 is 0 Å². The van der Waals surface area contributed by atoms with Crippen LogP contribution in [0.5, 0.6) is 5.75 Å². The van der Waals surface area contributed by atoms with Gasteiger partial charge in [-0.2, -0.15) is 5.10 Å². The first-order valence-electron chi connectivity index (χ1n) is 9.63. The van der Waals surface area contributed by atoms with E-state index in [-0.39, 0.29) is 11.7 Å². The summed E-state index contributed by atoms with van der Waals surface area (Å²) >= 11 is 7.48. The summed E-state index contributed by atoms with van der Waals surface area (Å²) in [6.45, 7) is 4.18. The van der Waals surface area contributed by atoms with Crippen molar-refractivity contribution in [3.63, 3.8) is 0 Å². The molecule has 2 heterocycles. The van der Waals surface area contributed by atoms with Crippen LogP contribution in [0.25, 0.3) is 16.8 Å². The van der Waals surface area contributed by atoms with Gasteiger partial charge in [-0.25, -0.2) is 9.50 Å². The number of anilines is 1. The maximum absolute atomic E-state index is 12.4. The van der Waals surface area contributed by atoms with Crippen LogP contribution >= 0.6 is 23.4 Å². The number of hydrogen-bond acceptors (Lipinski definition) is 5. The zero-order valence-electron chi connectivity index (χ0n) is 17.3. The van der Waals surface area contributed by atoms with Crippen LogP contribution in [0.1, 0.15) is 11.1 Å². The van der Waals surface area contributed by atoms with Crippen molar-refractivity contribution in [3.8, 4) is 17.0 Å². The number of carbonyl (C=O) groups excluding carboxylic acids is 1. The van der Waals surface area contributed by atoms with E-state index >= 15 is 0 Å². The van der Waals surface area contributed by atoms with Gasteiger partial charge < -0.3 is 10.1 Å². The first kappa shape index (κ1) is 21.2. The summed E-state index contributed by atoms with van der Waals surface area (Å²) < 4.78 is 6.92. The summed E-state index contributed by atoms with van der Waals surface area (Å²) in [4.78, 5) is 16.9. The van der Waals surface area contributed by atoms with Crippen LogP contribution in [-0.2, 0) is 4.79 Å². The number of halogens is 1. The summed E-state index contributed by atoms with van der Waals surface area (Å²) in [5.41, 5.74) is 5.87. The third-order valence-electron chi connectivity index (χ3n) is 4.93. The van der Waals surface area contributed by atoms with Crippen LogP contribution in [0.4, 0.5) is 5.69 Å². The Morgan fingerprint density at radius 1 is 1.16 bits per heavy atom. The highest BCUT2D eigenvalue weighted by molar-refractivity contribution is 8.00. The standard InChI is InChI=1S/C23H21ClN4O2S/c1-14-4-5-16(10-15(14)2)19-12-20-23(25-8-9-28(20)27-19)31-13-22(29)26-17-6-7-21(30-3)18(24)11-17/h4-12H,13H2,1-3H3,(H,26,29). The molecule has 1 N–H and O–H groups in total. The number of nitrogens with one attached hydrogen (secondary N) is 1. The van der Waals surface area contributed by atoms with Crippen molar-refractivity contribution in [2.45, 2.75) is 18.9 Å². The number of hydrogen-bond donors (Lipinski definition) is 1. The Labute approximate surface area is 189 Å². The van der Waals surface area contributed by atoms with Gasteiger partial charge in [0.25, 0.3) is 0 Å². The molecule has 1 amide bonds. The fourth-order valence-corrected chi connectivity index (χ4v) is 4.16. The lowest BCUT2D eigenvalue weighted by atomic mass is 10.0. The number of carbonyl (C=O) groups is 1. The normalized spacial score (nSPS) is 11.0. The Kier molecular flexibility index (Phi) is 6.15. The number of rotatable bonds is 6. The molecule has 0 radical (unpaired) electrons. The molecule has 8 heteroatoms. The molecular formula is C23H21ClN4O2S. The smallest absolute Gasteiger partial charge is 0.234 e. The molecule has 0 atom stereocenters. The van der Waals surface area contributed by atoms with Crippen LogP contribution in [0, 0.1) is 13.8 Å². The summed E-state index contributed by atoms with van der Waals surface area (Å²) in [6.07, 6.45) is 3.50. The second-order valence-electron chi connectivity index (χ2n) is 7.08. The Balaban J connectivity index is 1.49. The SMILES string of the molecule is COc1ccc(NC(=O)CSc2nccn3nc(-c4ccc(C)c(C)c4)cc23)cc1Cl. The number of fused-ring (bicyclic) bond motifs is 1. The van der Waals surface area contributed by atoms with Crippen LogP contribution in [0.15, 0.2) is 59.9 Å². The van der Waals surface area contributed by atoms with Crippen molar-refractivity contribution >= 4 is 40.5 Å². The Bertz CT molecular complexity index is 1270. The molecule has 0 aliphatic rings. The highest BCUT2D eigenvalue weighted by atomic mass is 35.5. The van der Waals surface area contributed by atoms with Gasteiger partial charge in [0.2, 0.25) is 5.91 Å². The third-order valence-corrected chi connectivity index (χ3v) is 6.22. The highest BCUT2D eigenvalue weighted by Crippen LogP contribution is 2.29. The van der Waals surface area contributed by atoms with E-state index in [1.165, 1.54) is 22.9 Å². The molecule has 0 saturated carbocycles. The number of ether oxygens (including phenoxy) is 1. The van der Waals surface area contributed by atoms with Gasteiger partial charge in [0.1, 0.15) is 10.8 Å². The van der Waals surface area contributed by atoms with Gasteiger partial charge in [-0.1, -0.05) is 35.5 Å². The van der Waals surface area contributed by atoms with Crippen LogP contribution in [0.3, 0.4) is 0 Å². The van der Waals surface area contributed by atoms with Crippen LogP contribution in [-0.4, -0.2) is 33.4 Å². The Morgan fingerprint density at radius 2 is 2.00 bits per heavy atom. The van der Waals surface area contributed by atoms with E-state index in [4.69, 9.17) is 16.3 Å². The van der Waals surface area contributed by atoms with Gasteiger partial charge in [0, 0.05) is 23.6 Å². The molecule has 0 unspecified atom stereocenters. The van der Waals surface area contributed by atoms with Gasteiger partial charge in [-0.15, -0.1) is 0 Å². The number of thioether (sulfide) groups is 1. The van der Waals surface area contributed by atoms with Gasteiger partial charge in [-0.05, 0) is 55.3 Å². The van der Waals surface area contributed by atoms with Gasteiger partial charge in [-0.3, -0.25) is 4.79 Å². The minimum absolute atomic E-state index is 0.149. The highest BCUT2D eigenvalue weighted by Gasteiger charge is 2.12. The average Bonchev–Trinajstić information content (AvgIpc) is 3.19. The Morgan fingerprint density at radius 3 is 2.74 bits per heavy atom. The number of methoxy groups -OCH3 is 1. The molecule has 0 bridgehead atoms. The topological polar surface area (TPSA) is 68.5 Å². The monoisotopic (exact) mass is 452 g/mol. The number of nitrogens with zero attached hydrogens (tertiary/aromatic N) is 3. The first-order chi connectivity index (χ1) is 14.9. The van der Waals surface area contributed by atoms with Crippen molar-refractivity contribution in [2.75, 3.05) is 18.2 Å². The molecular weight excluding hydrogens is 432 g/mol.